The highest BCUT2D eigenvalue weighted by Crippen LogP contribution is 2.20. The fraction of sp³-hybridized carbons (Fsp3) is 0.800. The predicted molar refractivity (Wildman–Crippen MR) is 64.0 cm³/mol. The van der Waals surface area contributed by atoms with E-state index in [4.69, 9.17) is 10.3 Å². The van der Waals surface area contributed by atoms with E-state index >= 15 is 0 Å². The van der Waals surface area contributed by atoms with Gasteiger partial charge in [-0.15, -0.1) is 0 Å². The average molecular weight is 245 g/mol. The number of aliphatic hydroxyl groups is 1. The molecule has 0 aliphatic rings. The maximum Gasteiger partial charge on any atom is 0.255 e. The van der Waals surface area contributed by atoms with Gasteiger partial charge >= 0.3 is 0 Å². The van der Waals surface area contributed by atoms with Gasteiger partial charge in [0, 0.05) is 5.25 Å². The van der Waals surface area contributed by atoms with E-state index in [1.165, 1.54) is 0 Å². The molecule has 1 aromatic rings. The fourth-order valence-corrected chi connectivity index (χ4v) is 1.86. The van der Waals surface area contributed by atoms with Crippen molar-refractivity contribution in [3.05, 3.63) is 11.7 Å². The van der Waals surface area contributed by atoms with Gasteiger partial charge in [-0.25, -0.2) is 0 Å². The summed E-state index contributed by atoms with van der Waals surface area (Å²) in [6.07, 6.45) is 0.825. The van der Waals surface area contributed by atoms with Gasteiger partial charge in [0.15, 0.2) is 5.82 Å². The molecule has 0 aromatic carbocycles. The Morgan fingerprint density at radius 1 is 1.56 bits per heavy atom. The fourth-order valence-electron chi connectivity index (χ4n) is 1.08. The first kappa shape index (κ1) is 13.5. The molecule has 0 saturated carbocycles. The second-order valence-electron chi connectivity index (χ2n) is 3.67. The Hall–Kier alpha value is -0.590. The van der Waals surface area contributed by atoms with Crippen molar-refractivity contribution in [3.63, 3.8) is 0 Å². The number of aromatic nitrogens is 2. The molecule has 0 aliphatic heterocycles. The Balaban J connectivity index is 2.45. The molecule has 92 valence electrons. The molecule has 6 heteroatoms. The minimum atomic E-state index is -0.736. The zero-order chi connectivity index (χ0) is 12.0. The van der Waals surface area contributed by atoms with Crippen molar-refractivity contribution in [2.75, 3.05) is 6.54 Å². The van der Waals surface area contributed by atoms with Crippen molar-refractivity contribution in [3.8, 4) is 0 Å². The van der Waals surface area contributed by atoms with E-state index in [1.807, 2.05) is 0 Å². The van der Waals surface area contributed by atoms with E-state index in [0.29, 0.717) is 29.8 Å². The van der Waals surface area contributed by atoms with E-state index in [0.717, 1.165) is 6.42 Å². The lowest BCUT2D eigenvalue weighted by Crippen LogP contribution is -2.07. The minimum absolute atomic E-state index is 0.269. The lowest BCUT2D eigenvalue weighted by molar-refractivity contribution is 0.127. The van der Waals surface area contributed by atoms with Crippen LogP contribution in [0.4, 0.5) is 0 Å². The van der Waals surface area contributed by atoms with Gasteiger partial charge in [0.05, 0.1) is 5.75 Å². The molecule has 0 fully saturated rings. The third-order valence-electron chi connectivity index (χ3n) is 2.28. The van der Waals surface area contributed by atoms with E-state index in [-0.39, 0.29) is 5.89 Å². The summed E-state index contributed by atoms with van der Waals surface area (Å²) < 4.78 is 4.96. The highest BCUT2D eigenvalue weighted by Gasteiger charge is 2.15. The normalized spacial score (nSPS) is 15.0. The first-order valence-electron chi connectivity index (χ1n) is 5.49. The molecule has 0 radical (unpaired) electrons. The molecule has 1 rings (SSSR count). The van der Waals surface area contributed by atoms with Gasteiger partial charge in [-0.05, 0) is 19.4 Å². The first-order valence-corrected chi connectivity index (χ1v) is 6.54. The zero-order valence-electron chi connectivity index (χ0n) is 9.72. The zero-order valence-corrected chi connectivity index (χ0v) is 10.5. The Morgan fingerprint density at radius 3 is 2.94 bits per heavy atom. The van der Waals surface area contributed by atoms with Crippen molar-refractivity contribution < 1.29 is 9.63 Å². The quantitative estimate of drug-likeness (QED) is 0.757. The maximum atomic E-state index is 9.57. The summed E-state index contributed by atoms with van der Waals surface area (Å²) in [6.45, 7) is 4.71. The number of nitrogens with two attached hydrogens (primary N) is 1. The van der Waals surface area contributed by atoms with E-state index in [9.17, 15) is 5.11 Å². The lowest BCUT2D eigenvalue weighted by Gasteiger charge is -2.04. The van der Waals surface area contributed by atoms with Crippen LogP contribution in [0.5, 0.6) is 0 Å². The van der Waals surface area contributed by atoms with Gasteiger partial charge in [0.25, 0.3) is 5.89 Å². The molecule has 0 spiro atoms. The second kappa shape index (κ2) is 6.88. The molecule has 0 aliphatic carbocycles. The van der Waals surface area contributed by atoms with Gasteiger partial charge in [0.1, 0.15) is 6.10 Å². The van der Waals surface area contributed by atoms with Crippen LogP contribution in [0.1, 0.15) is 44.5 Å². The molecule has 1 aromatic heterocycles. The summed E-state index contributed by atoms with van der Waals surface area (Å²) in [6, 6.07) is 0. The van der Waals surface area contributed by atoms with Crippen LogP contribution >= 0.6 is 11.8 Å². The monoisotopic (exact) mass is 245 g/mol. The SMILES string of the molecule is CCC(C)SCc1noc(C(O)CCN)n1. The molecular weight excluding hydrogens is 226 g/mol. The summed E-state index contributed by atoms with van der Waals surface area (Å²) in [7, 11) is 0. The van der Waals surface area contributed by atoms with Gasteiger partial charge in [-0.3, -0.25) is 0 Å². The Kier molecular flexibility index (Phi) is 5.79. The van der Waals surface area contributed by atoms with Crippen molar-refractivity contribution in [2.24, 2.45) is 5.73 Å². The number of hydrogen-bond acceptors (Lipinski definition) is 6. The van der Waals surface area contributed by atoms with Gasteiger partial charge in [-0.1, -0.05) is 19.0 Å². The highest BCUT2D eigenvalue weighted by atomic mass is 32.2. The molecule has 0 saturated heterocycles. The molecule has 2 atom stereocenters. The first-order chi connectivity index (χ1) is 7.67. The summed E-state index contributed by atoms with van der Waals surface area (Å²) in [4.78, 5) is 4.13. The minimum Gasteiger partial charge on any atom is -0.383 e. The molecule has 2 unspecified atom stereocenters. The van der Waals surface area contributed by atoms with Crippen LogP contribution < -0.4 is 5.73 Å². The number of nitrogens with zero attached hydrogens (tertiary/aromatic N) is 2. The van der Waals surface area contributed by atoms with Crippen LogP contribution in [0.3, 0.4) is 0 Å². The maximum absolute atomic E-state index is 9.57. The van der Waals surface area contributed by atoms with E-state index in [2.05, 4.69) is 24.0 Å². The highest BCUT2D eigenvalue weighted by molar-refractivity contribution is 7.99. The van der Waals surface area contributed by atoms with Crippen LogP contribution in [-0.2, 0) is 5.75 Å². The number of aliphatic hydroxyl groups excluding tert-OH is 1. The number of hydrogen-bond donors (Lipinski definition) is 2. The molecule has 16 heavy (non-hydrogen) atoms. The summed E-state index contributed by atoms with van der Waals surface area (Å²) in [5.41, 5.74) is 5.34. The second-order valence-corrected chi connectivity index (χ2v) is 5.10. The number of rotatable bonds is 7. The summed E-state index contributed by atoms with van der Waals surface area (Å²) >= 11 is 1.78. The smallest absolute Gasteiger partial charge is 0.255 e. The standard InChI is InChI=1S/C10H19N3O2S/c1-3-7(2)16-6-9-12-10(15-13-9)8(14)4-5-11/h7-8,14H,3-6,11H2,1-2H3. The third-order valence-corrected chi connectivity index (χ3v) is 3.61. The summed E-state index contributed by atoms with van der Waals surface area (Å²) in [5.74, 6) is 1.62. The largest absolute Gasteiger partial charge is 0.383 e. The van der Waals surface area contributed by atoms with Crippen LogP contribution in [0.15, 0.2) is 4.52 Å². The molecular formula is C10H19N3O2S. The molecule has 5 nitrogen and oxygen atoms in total. The number of thioether (sulfide) groups is 1. The lowest BCUT2D eigenvalue weighted by atomic mass is 10.2. The van der Waals surface area contributed by atoms with Gasteiger partial charge < -0.3 is 15.4 Å². The van der Waals surface area contributed by atoms with Crippen molar-refractivity contribution >= 4 is 11.8 Å². The van der Waals surface area contributed by atoms with Crippen LogP contribution in [0.25, 0.3) is 0 Å². The van der Waals surface area contributed by atoms with Crippen LogP contribution in [0, 0.1) is 0 Å². The average Bonchev–Trinajstić information content (AvgIpc) is 2.75. The Morgan fingerprint density at radius 2 is 2.31 bits per heavy atom. The van der Waals surface area contributed by atoms with Crippen molar-refractivity contribution in [1.29, 1.82) is 0 Å². The molecule has 0 bridgehead atoms. The molecule has 3 N–H and O–H groups in total. The molecule has 0 amide bonds. The topological polar surface area (TPSA) is 85.2 Å². The predicted octanol–water partition coefficient (Wildman–Crippen LogP) is 1.48. The Labute approximate surface area is 99.8 Å². The van der Waals surface area contributed by atoms with Crippen molar-refractivity contribution in [1.82, 2.24) is 10.1 Å². The van der Waals surface area contributed by atoms with Crippen molar-refractivity contribution in [2.45, 2.75) is 43.8 Å². The molecule has 1 heterocycles. The van der Waals surface area contributed by atoms with E-state index < -0.39 is 6.10 Å². The third kappa shape index (κ3) is 4.11. The van der Waals surface area contributed by atoms with Gasteiger partial charge in [-0.2, -0.15) is 16.7 Å². The van der Waals surface area contributed by atoms with E-state index in [1.54, 1.807) is 11.8 Å². The Bertz CT molecular complexity index is 306. The van der Waals surface area contributed by atoms with Crippen LogP contribution in [-0.4, -0.2) is 27.0 Å². The van der Waals surface area contributed by atoms with Gasteiger partial charge in [0.2, 0.25) is 0 Å². The summed E-state index contributed by atoms with van der Waals surface area (Å²) in [5, 5.41) is 14.0. The van der Waals surface area contributed by atoms with Crippen LogP contribution in [0.2, 0.25) is 0 Å².